The molecule has 1 N–H and O–H groups in total. The Morgan fingerprint density at radius 1 is 0.952 bits per heavy atom. The fraction of sp³-hybridized carbons (Fsp3) is 0.294. The van der Waals surface area contributed by atoms with Crippen molar-refractivity contribution in [1.82, 2.24) is 5.32 Å². The van der Waals surface area contributed by atoms with Crippen molar-refractivity contribution in [2.75, 3.05) is 6.26 Å². The summed E-state index contributed by atoms with van der Waals surface area (Å²) in [5.74, 6) is 0. The number of benzene rings is 2. The maximum absolute atomic E-state index is 3.66. The van der Waals surface area contributed by atoms with Gasteiger partial charge in [0.15, 0.2) is 0 Å². The van der Waals surface area contributed by atoms with Crippen molar-refractivity contribution >= 4 is 43.6 Å². The molecular formula is C17H19Br2NS. The van der Waals surface area contributed by atoms with E-state index in [9.17, 15) is 0 Å². The number of halogens is 2. The van der Waals surface area contributed by atoms with E-state index in [1.54, 1.807) is 11.8 Å². The first kappa shape index (κ1) is 17.1. The van der Waals surface area contributed by atoms with Crippen LogP contribution in [0.3, 0.4) is 0 Å². The van der Waals surface area contributed by atoms with Crippen molar-refractivity contribution in [3.8, 4) is 0 Å². The van der Waals surface area contributed by atoms with Gasteiger partial charge in [0.1, 0.15) is 0 Å². The Hall–Kier alpha value is -0.290. The fourth-order valence-electron chi connectivity index (χ4n) is 2.31. The number of hydrogen-bond donors (Lipinski definition) is 1. The highest BCUT2D eigenvalue weighted by molar-refractivity contribution is 9.11. The van der Waals surface area contributed by atoms with Crippen molar-refractivity contribution < 1.29 is 0 Å². The Labute approximate surface area is 148 Å². The summed E-state index contributed by atoms with van der Waals surface area (Å²) >= 11 is 8.91. The summed E-state index contributed by atoms with van der Waals surface area (Å²) in [5, 5.41) is 3.66. The van der Waals surface area contributed by atoms with Gasteiger partial charge in [0.2, 0.25) is 0 Å². The Bertz CT molecular complexity index is 598. The van der Waals surface area contributed by atoms with E-state index in [2.05, 4.69) is 99.7 Å². The van der Waals surface area contributed by atoms with Gasteiger partial charge >= 0.3 is 0 Å². The summed E-state index contributed by atoms with van der Waals surface area (Å²) in [4.78, 5) is 1.30. The summed E-state index contributed by atoms with van der Waals surface area (Å²) in [7, 11) is 0. The largest absolute Gasteiger partial charge is 0.304 e. The Kier molecular flexibility index (Phi) is 6.35. The predicted molar refractivity (Wildman–Crippen MR) is 100 cm³/mol. The minimum atomic E-state index is 0.280. The minimum Gasteiger partial charge on any atom is -0.304 e. The Morgan fingerprint density at radius 2 is 1.62 bits per heavy atom. The van der Waals surface area contributed by atoms with Crippen molar-refractivity contribution in [3.05, 3.63) is 62.5 Å². The van der Waals surface area contributed by atoms with Crippen LogP contribution in [0.2, 0.25) is 0 Å². The third kappa shape index (κ3) is 4.59. The lowest BCUT2D eigenvalue weighted by Gasteiger charge is -2.22. The SMILES string of the molecule is CSc1ccc(C(C)NC(C)c2ccc(Br)cc2Br)cc1. The van der Waals surface area contributed by atoms with Crippen LogP contribution in [0.5, 0.6) is 0 Å². The molecule has 0 saturated carbocycles. The highest BCUT2D eigenvalue weighted by atomic mass is 79.9. The van der Waals surface area contributed by atoms with Gasteiger partial charge < -0.3 is 5.32 Å². The molecule has 0 radical (unpaired) electrons. The standard InChI is InChI=1S/C17H19Br2NS/c1-11(13-4-7-15(21-3)8-5-13)20-12(2)16-9-6-14(18)10-17(16)19/h4-12,20H,1-3H3. The van der Waals surface area contributed by atoms with Crippen LogP contribution >= 0.6 is 43.6 Å². The quantitative estimate of drug-likeness (QED) is 0.557. The van der Waals surface area contributed by atoms with E-state index in [1.807, 2.05) is 0 Å². The summed E-state index contributed by atoms with van der Waals surface area (Å²) in [6, 6.07) is 15.7. The number of hydrogen-bond acceptors (Lipinski definition) is 2. The molecule has 4 heteroatoms. The third-order valence-corrected chi connectivity index (χ3v) is 5.47. The molecule has 0 heterocycles. The van der Waals surface area contributed by atoms with Gasteiger partial charge in [0, 0.05) is 25.9 Å². The molecule has 0 aromatic heterocycles. The van der Waals surface area contributed by atoms with Crippen molar-refractivity contribution in [1.29, 1.82) is 0 Å². The number of rotatable bonds is 5. The van der Waals surface area contributed by atoms with Crippen LogP contribution in [-0.4, -0.2) is 6.26 Å². The molecule has 0 fully saturated rings. The summed E-state index contributed by atoms with van der Waals surface area (Å²) in [6.07, 6.45) is 2.10. The molecule has 0 aliphatic heterocycles. The van der Waals surface area contributed by atoms with Gasteiger partial charge in [-0.2, -0.15) is 0 Å². The van der Waals surface area contributed by atoms with E-state index >= 15 is 0 Å². The maximum atomic E-state index is 3.66. The fourth-order valence-corrected chi connectivity index (χ4v) is 4.10. The topological polar surface area (TPSA) is 12.0 Å². The van der Waals surface area contributed by atoms with E-state index in [0.29, 0.717) is 6.04 Å². The van der Waals surface area contributed by atoms with E-state index in [-0.39, 0.29) is 6.04 Å². The van der Waals surface area contributed by atoms with Crippen LogP contribution in [0.25, 0.3) is 0 Å². The first-order valence-corrected chi connectivity index (χ1v) is 9.67. The lowest BCUT2D eigenvalue weighted by molar-refractivity contribution is 0.493. The molecule has 2 atom stereocenters. The molecular weight excluding hydrogens is 410 g/mol. The van der Waals surface area contributed by atoms with E-state index < -0.39 is 0 Å². The zero-order valence-corrected chi connectivity index (χ0v) is 16.3. The van der Waals surface area contributed by atoms with Crippen LogP contribution in [0.15, 0.2) is 56.3 Å². The smallest absolute Gasteiger partial charge is 0.0308 e. The molecule has 112 valence electrons. The van der Waals surface area contributed by atoms with Gasteiger partial charge in [-0.05, 0) is 55.5 Å². The summed E-state index contributed by atoms with van der Waals surface area (Å²) < 4.78 is 2.22. The van der Waals surface area contributed by atoms with Crippen LogP contribution in [0.4, 0.5) is 0 Å². The van der Waals surface area contributed by atoms with E-state index in [1.165, 1.54) is 16.0 Å². The predicted octanol–water partition coefficient (Wildman–Crippen LogP) is 6.35. The molecule has 2 unspecified atom stereocenters. The first-order chi connectivity index (χ1) is 10.0. The number of thioether (sulfide) groups is 1. The van der Waals surface area contributed by atoms with Gasteiger partial charge in [-0.1, -0.05) is 50.1 Å². The van der Waals surface area contributed by atoms with Crippen molar-refractivity contribution in [2.24, 2.45) is 0 Å². The Balaban J connectivity index is 2.08. The van der Waals surface area contributed by atoms with Gasteiger partial charge in [0.25, 0.3) is 0 Å². The molecule has 0 bridgehead atoms. The second-order valence-electron chi connectivity index (χ2n) is 5.05. The van der Waals surface area contributed by atoms with Crippen molar-refractivity contribution in [2.45, 2.75) is 30.8 Å². The average molecular weight is 429 g/mol. The maximum Gasteiger partial charge on any atom is 0.0308 e. The zero-order chi connectivity index (χ0) is 15.4. The molecule has 2 rings (SSSR count). The van der Waals surface area contributed by atoms with Crippen LogP contribution in [0.1, 0.15) is 37.1 Å². The van der Waals surface area contributed by atoms with Gasteiger partial charge in [-0.15, -0.1) is 11.8 Å². The van der Waals surface area contributed by atoms with Crippen LogP contribution in [0, 0.1) is 0 Å². The summed E-state index contributed by atoms with van der Waals surface area (Å²) in [6.45, 7) is 4.40. The zero-order valence-electron chi connectivity index (χ0n) is 12.4. The molecule has 0 amide bonds. The van der Waals surface area contributed by atoms with Gasteiger partial charge in [-0.3, -0.25) is 0 Å². The molecule has 0 saturated heterocycles. The Morgan fingerprint density at radius 3 is 2.19 bits per heavy atom. The molecule has 2 aromatic rings. The molecule has 0 aliphatic rings. The highest BCUT2D eigenvalue weighted by Gasteiger charge is 2.13. The molecule has 0 aliphatic carbocycles. The third-order valence-electron chi connectivity index (χ3n) is 3.54. The number of nitrogens with one attached hydrogen (secondary N) is 1. The van der Waals surface area contributed by atoms with Crippen LogP contribution in [-0.2, 0) is 0 Å². The van der Waals surface area contributed by atoms with Crippen LogP contribution < -0.4 is 5.32 Å². The normalized spacial score (nSPS) is 14.0. The van der Waals surface area contributed by atoms with E-state index in [4.69, 9.17) is 0 Å². The summed E-state index contributed by atoms with van der Waals surface area (Å²) in [5.41, 5.74) is 2.58. The second kappa shape index (κ2) is 7.82. The first-order valence-electron chi connectivity index (χ1n) is 6.86. The van der Waals surface area contributed by atoms with Gasteiger partial charge in [-0.25, -0.2) is 0 Å². The second-order valence-corrected chi connectivity index (χ2v) is 7.70. The minimum absolute atomic E-state index is 0.280. The molecule has 0 spiro atoms. The lowest BCUT2D eigenvalue weighted by atomic mass is 10.0. The molecule has 2 aromatic carbocycles. The van der Waals surface area contributed by atoms with Crippen molar-refractivity contribution in [3.63, 3.8) is 0 Å². The van der Waals surface area contributed by atoms with E-state index in [0.717, 1.165) is 8.95 Å². The monoisotopic (exact) mass is 427 g/mol. The lowest BCUT2D eigenvalue weighted by Crippen LogP contribution is -2.22. The van der Waals surface area contributed by atoms with Gasteiger partial charge in [0.05, 0.1) is 0 Å². The average Bonchev–Trinajstić information content (AvgIpc) is 2.47. The molecule has 21 heavy (non-hydrogen) atoms. The highest BCUT2D eigenvalue weighted by Crippen LogP contribution is 2.28. The molecule has 1 nitrogen and oxygen atoms in total.